The topological polar surface area (TPSA) is 83.8 Å². The number of nitrogens with one attached hydrogen (secondary N) is 2. The first-order valence-corrected chi connectivity index (χ1v) is 5.51. The average Bonchev–Trinajstić information content (AvgIpc) is 2.66. The van der Waals surface area contributed by atoms with Crippen molar-refractivity contribution in [1.29, 1.82) is 0 Å². The molecule has 0 saturated carbocycles. The van der Waals surface area contributed by atoms with Gasteiger partial charge in [0.25, 0.3) is 0 Å². The summed E-state index contributed by atoms with van der Waals surface area (Å²) in [5, 5.41) is 2.84. The van der Waals surface area contributed by atoms with E-state index in [1.807, 2.05) is 13.8 Å². The molecular weight excluding hydrogens is 204 g/mol. The highest BCUT2D eigenvalue weighted by Gasteiger charge is 2.12. The van der Waals surface area contributed by atoms with Crippen molar-refractivity contribution in [3.05, 3.63) is 18.2 Å². The summed E-state index contributed by atoms with van der Waals surface area (Å²) < 4.78 is 0. The van der Waals surface area contributed by atoms with Gasteiger partial charge in [0, 0.05) is 37.3 Å². The van der Waals surface area contributed by atoms with E-state index in [4.69, 9.17) is 5.73 Å². The van der Waals surface area contributed by atoms with Crippen molar-refractivity contribution in [3.63, 3.8) is 0 Å². The maximum Gasteiger partial charge on any atom is 0.220 e. The second kappa shape index (κ2) is 5.65. The van der Waals surface area contributed by atoms with E-state index >= 15 is 0 Å². The number of carbonyl (C=O) groups excluding carboxylic acids is 1. The third kappa shape index (κ3) is 5.50. The van der Waals surface area contributed by atoms with Crippen molar-refractivity contribution in [1.82, 2.24) is 15.3 Å². The molecule has 0 aliphatic heterocycles. The van der Waals surface area contributed by atoms with Gasteiger partial charge < -0.3 is 16.0 Å². The summed E-state index contributed by atoms with van der Waals surface area (Å²) in [7, 11) is 0. The van der Waals surface area contributed by atoms with Crippen LogP contribution in [0.4, 0.5) is 0 Å². The predicted octanol–water partition coefficient (Wildman–Crippen LogP) is 0.586. The van der Waals surface area contributed by atoms with Gasteiger partial charge in [0.05, 0.1) is 0 Å². The molecule has 0 aliphatic rings. The molecule has 1 aromatic heterocycles. The van der Waals surface area contributed by atoms with Crippen molar-refractivity contribution in [2.45, 2.75) is 38.6 Å². The molecule has 5 nitrogen and oxygen atoms in total. The summed E-state index contributed by atoms with van der Waals surface area (Å²) in [4.78, 5) is 18.5. The zero-order valence-electron chi connectivity index (χ0n) is 9.92. The third-order valence-corrected chi connectivity index (χ3v) is 2.24. The highest BCUT2D eigenvalue weighted by atomic mass is 16.1. The highest BCUT2D eigenvalue weighted by Crippen LogP contribution is 2.06. The van der Waals surface area contributed by atoms with Crippen molar-refractivity contribution in [2.75, 3.05) is 6.54 Å². The molecule has 0 fully saturated rings. The maximum absolute atomic E-state index is 11.4. The number of carbonyl (C=O) groups is 1. The molecule has 0 spiro atoms. The first-order valence-electron chi connectivity index (χ1n) is 5.51. The van der Waals surface area contributed by atoms with Gasteiger partial charge in [-0.15, -0.1) is 0 Å². The number of H-pyrrole nitrogens is 1. The second-order valence-electron chi connectivity index (χ2n) is 4.62. The molecular formula is C11H20N4O. The van der Waals surface area contributed by atoms with Crippen LogP contribution in [0.2, 0.25) is 0 Å². The van der Waals surface area contributed by atoms with Gasteiger partial charge in [-0.05, 0) is 20.3 Å². The van der Waals surface area contributed by atoms with E-state index in [0.717, 1.165) is 12.2 Å². The summed E-state index contributed by atoms with van der Waals surface area (Å²) in [5.41, 5.74) is 5.52. The molecule has 0 radical (unpaired) electrons. The van der Waals surface area contributed by atoms with Crippen LogP contribution in [0.25, 0.3) is 0 Å². The van der Waals surface area contributed by atoms with Crippen molar-refractivity contribution < 1.29 is 4.79 Å². The molecule has 0 saturated heterocycles. The summed E-state index contributed by atoms with van der Waals surface area (Å²) in [6.07, 6.45) is 5.37. The smallest absolute Gasteiger partial charge is 0.220 e. The van der Waals surface area contributed by atoms with E-state index in [9.17, 15) is 4.79 Å². The Bertz CT molecular complexity index is 313. The number of hydrogen-bond donors (Lipinski definition) is 3. The fraction of sp³-hybridized carbons (Fsp3) is 0.636. The van der Waals surface area contributed by atoms with Gasteiger partial charge in [0.15, 0.2) is 0 Å². The van der Waals surface area contributed by atoms with Crippen LogP contribution in [-0.4, -0.2) is 28.0 Å². The van der Waals surface area contributed by atoms with Crippen LogP contribution in [0.15, 0.2) is 12.4 Å². The number of nitrogens with two attached hydrogens (primary N) is 1. The number of amides is 1. The Balaban J connectivity index is 2.11. The summed E-state index contributed by atoms with van der Waals surface area (Å²) >= 11 is 0. The molecule has 5 heteroatoms. The van der Waals surface area contributed by atoms with Gasteiger partial charge in [0.1, 0.15) is 5.82 Å². The molecule has 0 bridgehead atoms. The zero-order chi connectivity index (χ0) is 12.0. The second-order valence-corrected chi connectivity index (χ2v) is 4.62. The molecule has 1 amide bonds. The summed E-state index contributed by atoms with van der Waals surface area (Å²) in [5.74, 6) is 0.935. The Labute approximate surface area is 95.8 Å². The fourth-order valence-electron chi connectivity index (χ4n) is 1.28. The first kappa shape index (κ1) is 12.7. The van der Waals surface area contributed by atoms with Gasteiger partial charge in [0.2, 0.25) is 5.91 Å². The first-order chi connectivity index (χ1) is 7.47. The minimum Gasteiger partial charge on any atom is -0.356 e. The number of nitrogens with zero attached hydrogens (tertiary/aromatic N) is 1. The quantitative estimate of drug-likeness (QED) is 0.661. The van der Waals surface area contributed by atoms with E-state index in [1.54, 1.807) is 12.4 Å². The van der Waals surface area contributed by atoms with Crippen LogP contribution in [0, 0.1) is 0 Å². The Morgan fingerprint density at radius 1 is 1.62 bits per heavy atom. The molecule has 0 aliphatic carbocycles. The number of rotatable bonds is 6. The lowest BCUT2D eigenvalue weighted by molar-refractivity contribution is -0.121. The molecule has 90 valence electrons. The van der Waals surface area contributed by atoms with Gasteiger partial charge >= 0.3 is 0 Å². The molecule has 1 aromatic rings. The Hall–Kier alpha value is -1.36. The molecule has 0 unspecified atom stereocenters. The Morgan fingerprint density at radius 2 is 2.38 bits per heavy atom. The number of hydrogen-bond acceptors (Lipinski definition) is 3. The lowest BCUT2D eigenvalue weighted by Gasteiger charge is -2.17. The molecule has 0 atom stereocenters. The Kier molecular flexibility index (Phi) is 4.49. The molecule has 1 rings (SSSR count). The largest absolute Gasteiger partial charge is 0.356 e. The Morgan fingerprint density at radius 3 is 2.94 bits per heavy atom. The van der Waals surface area contributed by atoms with Crippen LogP contribution in [-0.2, 0) is 11.2 Å². The van der Waals surface area contributed by atoms with E-state index in [2.05, 4.69) is 15.3 Å². The third-order valence-electron chi connectivity index (χ3n) is 2.24. The maximum atomic E-state index is 11.4. The van der Waals surface area contributed by atoms with Gasteiger partial charge in [-0.1, -0.05) is 0 Å². The predicted molar refractivity (Wildman–Crippen MR) is 62.8 cm³/mol. The van der Waals surface area contributed by atoms with E-state index < -0.39 is 0 Å². The standard InChI is InChI=1S/C11H20N4O/c1-11(2,12)5-3-10(16)15-6-4-9-13-7-8-14-9/h7-8H,3-6,12H2,1-2H3,(H,13,14)(H,15,16). The monoisotopic (exact) mass is 224 g/mol. The molecule has 0 aromatic carbocycles. The summed E-state index contributed by atoms with van der Waals surface area (Å²) in [6, 6.07) is 0. The number of imidazole rings is 1. The summed E-state index contributed by atoms with van der Waals surface area (Å²) in [6.45, 7) is 4.45. The van der Waals surface area contributed by atoms with Crippen LogP contribution in [0.1, 0.15) is 32.5 Å². The normalized spacial score (nSPS) is 11.4. The number of aromatic amines is 1. The van der Waals surface area contributed by atoms with Crippen LogP contribution in [0.3, 0.4) is 0 Å². The molecule has 4 N–H and O–H groups in total. The SMILES string of the molecule is CC(C)(N)CCC(=O)NCCc1ncc[nH]1. The van der Waals surface area contributed by atoms with Crippen molar-refractivity contribution in [3.8, 4) is 0 Å². The van der Waals surface area contributed by atoms with Crippen LogP contribution < -0.4 is 11.1 Å². The molecule has 1 heterocycles. The van der Waals surface area contributed by atoms with E-state index in [0.29, 0.717) is 19.4 Å². The van der Waals surface area contributed by atoms with Crippen LogP contribution in [0.5, 0.6) is 0 Å². The van der Waals surface area contributed by atoms with Crippen molar-refractivity contribution in [2.24, 2.45) is 5.73 Å². The highest BCUT2D eigenvalue weighted by molar-refractivity contribution is 5.75. The van der Waals surface area contributed by atoms with Gasteiger partial charge in [-0.2, -0.15) is 0 Å². The van der Waals surface area contributed by atoms with E-state index in [-0.39, 0.29) is 11.4 Å². The minimum atomic E-state index is -0.279. The average molecular weight is 224 g/mol. The zero-order valence-corrected chi connectivity index (χ0v) is 9.92. The molecule has 16 heavy (non-hydrogen) atoms. The fourth-order valence-corrected chi connectivity index (χ4v) is 1.28. The van der Waals surface area contributed by atoms with E-state index in [1.165, 1.54) is 0 Å². The van der Waals surface area contributed by atoms with Gasteiger partial charge in [-0.3, -0.25) is 4.79 Å². The number of aromatic nitrogens is 2. The lowest BCUT2D eigenvalue weighted by Crippen LogP contribution is -2.34. The van der Waals surface area contributed by atoms with Gasteiger partial charge in [-0.25, -0.2) is 4.98 Å². The van der Waals surface area contributed by atoms with Crippen molar-refractivity contribution >= 4 is 5.91 Å². The lowest BCUT2D eigenvalue weighted by atomic mass is 10.00. The minimum absolute atomic E-state index is 0.0464. The van der Waals surface area contributed by atoms with Crippen LogP contribution >= 0.6 is 0 Å².